The highest BCUT2D eigenvalue weighted by atomic mass is 32.2. The van der Waals surface area contributed by atoms with Crippen molar-refractivity contribution >= 4 is 11.8 Å². The lowest BCUT2D eigenvalue weighted by molar-refractivity contribution is 0.391. The Balaban J connectivity index is 1.50. The second-order valence-corrected chi connectivity index (χ2v) is 6.66. The monoisotopic (exact) mass is 379 g/mol. The van der Waals surface area contributed by atoms with E-state index in [0.29, 0.717) is 28.9 Å². The molecule has 4 aromatic rings. The summed E-state index contributed by atoms with van der Waals surface area (Å²) < 4.78 is 18.6. The van der Waals surface area contributed by atoms with E-state index in [1.54, 1.807) is 18.3 Å². The third-order valence-electron chi connectivity index (χ3n) is 3.64. The van der Waals surface area contributed by atoms with Crippen LogP contribution in [-0.4, -0.2) is 25.1 Å². The Bertz CT molecular complexity index is 1070. The number of hydrogen-bond donors (Lipinski definition) is 0. The second kappa shape index (κ2) is 7.63. The van der Waals surface area contributed by atoms with Gasteiger partial charge in [-0.3, -0.25) is 4.98 Å². The highest BCUT2D eigenvalue weighted by Gasteiger charge is 2.11. The van der Waals surface area contributed by atoms with E-state index in [1.807, 2.05) is 31.2 Å². The second-order valence-electron chi connectivity index (χ2n) is 5.66. The lowest BCUT2D eigenvalue weighted by Crippen LogP contribution is -1.95. The summed E-state index contributed by atoms with van der Waals surface area (Å²) >= 11 is 1.46. The van der Waals surface area contributed by atoms with Gasteiger partial charge in [0.15, 0.2) is 0 Å². The third kappa shape index (κ3) is 4.17. The van der Waals surface area contributed by atoms with E-state index in [9.17, 15) is 4.39 Å². The van der Waals surface area contributed by atoms with Gasteiger partial charge in [-0.1, -0.05) is 35.1 Å². The minimum absolute atomic E-state index is 0.341. The number of thioether (sulfide) groups is 1. The molecular weight excluding hydrogens is 365 g/mol. The van der Waals surface area contributed by atoms with Crippen LogP contribution in [0.5, 0.6) is 0 Å². The van der Waals surface area contributed by atoms with Crippen molar-refractivity contribution in [1.82, 2.24) is 25.1 Å². The van der Waals surface area contributed by atoms with Crippen LogP contribution in [0.3, 0.4) is 0 Å². The van der Waals surface area contributed by atoms with Gasteiger partial charge in [-0.2, -0.15) is 4.98 Å². The van der Waals surface area contributed by atoms with Gasteiger partial charge in [0.25, 0.3) is 0 Å². The van der Waals surface area contributed by atoms with Crippen LogP contribution in [0.4, 0.5) is 4.39 Å². The number of aromatic nitrogens is 5. The molecule has 0 unspecified atom stereocenters. The summed E-state index contributed by atoms with van der Waals surface area (Å²) in [5.41, 5.74) is 2.12. The Hall–Kier alpha value is -3.13. The molecule has 27 heavy (non-hydrogen) atoms. The number of halogens is 1. The summed E-state index contributed by atoms with van der Waals surface area (Å²) in [5.74, 6) is 1.56. The molecule has 0 aliphatic carbocycles. The van der Waals surface area contributed by atoms with Gasteiger partial charge in [-0.25, -0.2) is 14.4 Å². The zero-order valence-electron chi connectivity index (χ0n) is 14.3. The number of pyridine rings is 1. The van der Waals surface area contributed by atoms with Crippen LogP contribution < -0.4 is 0 Å². The summed E-state index contributed by atoms with van der Waals surface area (Å²) in [6.07, 6.45) is 1.73. The van der Waals surface area contributed by atoms with E-state index < -0.39 is 0 Å². The van der Waals surface area contributed by atoms with Gasteiger partial charge in [0.05, 0.1) is 17.1 Å². The van der Waals surface area contributed by atoms with Crippen molar-refractivity contribution in [1.29, 1.82) is 0 Å². The van der Waals surface area contributed by atoms with Crippen molar-refractivity contribution in [3.8, 4) is 22.8 Å². The van der Waals surface area contributed by atoms with Gasteiger partial charge in [-0.05, 0) is 37.3 Å². The van der Waals surface area contributed by atoms with E-state index in [1.165, 1.54) is 23.9 Å². The van der Waals surface area contributed by atoms with E-state index in [-0.39, 0.29) is 5.82 Å². The van der Waals surface area contributed by atoms with Gasteiger partial charge >= 0.3 is 0 Å². The first-order chi connectivity index (χ1) is 13.2. The Morgan fingerprint density at radius 2 is 1.93 bits per heavy atom. The molecule has 0 aliphatic rings. The number of aryl methyl sites for hydroxylation is 1. The maximum Gasteiger partial charge on any atom is 0.237 e. The Kier molecular flexibility index (Phi) is 4.88. The quantitative estimate of drug-likeness (QED) is 0.377. The van der Waals surface area contributed by atoms with Gasteiger partial charge < -0.3 is 4.52 Å². The molecule has 0 N–H and O–H groups in total. The third-order valence-corrected chi connectivity index (χ3v) is 4.53. The lowest BCUT2D eigenvalue weighted by atomic mass is 10.2. The highest BCUT2D eigenvalue weighted by Crippen LogP contribution is 2.25. The molecule has 1 aromatic carbocycles. The van der Waals surface area contributed by atoms with Gasteiger partial charge in [0.1, 0.15) is 16.7 Å². The molecule has 6 nitrogen and oxygen atoms in total. The number of hydrogen-bond acceptors (Lipinski definition) is 7. The molecule has 0 saturated heterocycles. The van der Waals surface area contributed by atoms with Crippen LogP contribution in [0.1, 0.15) is 11.7 Å². The predicted octanol–water partition coefficient (Wildman–Crippen LogP) is 4.33. The largest absolute Gasteiger partial charge is 0.338 e. The Morgan fingerprint density at radius 3 is 2.74 bits per heavy atom. The Morgan fingerprint density at radius 1 is 1.00 bits per heavy atom. The molecule has 134 valence electrons. The summed E-state index contributed by atoms with van der Waals surface area (Å²) in [4.78, 5) is 17.5. The molecule has 3 heterocycles. The van der Waals surface area contributed by atoms with Gasteiger partial charge in [-0.15, -0.1) is 0 Å². The molecule has 0 bridgehead atoms. The van der Waals surface area contributed by atoms with Crippen LogP contribution >= 0.6 is 11.8 Å². The average molecular weight is 379 g/mol. The first-order valence-electron chi connectivity index (χ1n) is 8.16. The fourth-order valence-electron chi connectivity index (χ4n) is 2.45. The maximum atomic E-state index is 13.3. The zero-order chi connectivity index (χ0) is 18.6. The molecule has 0 amide bonds. The standard InChI is InChI=1S/C19H14FN5OS/c1-12-22-16(15-7-2-3-8-21-15)10-18(23-12)27-11-17-24-19(25-26-17)13-5-4-6-14(20)9-13/h2-10H,11H2,1H3. The molecule has 8 heteroatoms. The van der Waals surface area contributed by atoms with Crippen LogP contribution in [0.15, 0.2) is 64.3 Å². The zero-order valence-corrected chi connectivity index (χ0v) is 15.2. The summed E-state index contributed by atoms with van der Waals surface area (Å²) in [5, 5.41) is 4.70. The van der Waals surface area contributed by atoms with Crippen molar-refractivity contribution in [3.05, 3.63) is 72.3 Å². The molecule has 0 radical (unpaired) electrons. The molecule has 0 atom stereocenters. The first kappa shape index (κ1) is 17.3. The normalized spacial score (nSPS) is 10.9. The maximum absolute atomic E-state index is 13.3. The SMILES string of the molecule is Cc1nc(SCc2nc(-c3cccc(F)c3)no2)cc(-c2ccccn2)n1. The smallest absolute Gasteiger partial charge is 0.237 e. The van der Waals surface area contributed by atoms with Gasteiger partial charge in [0, 0.05) is 11.8 Å². The van der Waals surface area contributed by atoms with Crippen LogP contribution in [0.2, 0.25) is 0 Å². The Labute approximate surface area is 158 Å². The number of nitrogens with zero attached hydrogens (tertiary/aromatic N) is 5. The first-order valence-corrected chi connectivity index (χ1v) is 9.14. The van der Waals surface area contributed by atoms with E-state index in [4.69, 9.17) is 4.52 Å². The molecule has 3 aromatic heterocycles. The highest BCUT2D eigenvalue weighted by molar-refractivity contribution is 7.98. The van der Waals surface area contributed by atoms with Crippen molar-refractivity contribution in [3.63, 3.8) is 0 Å². The van der Waals surface area contributed by atoms with Crippen LogP contribution in [0, 0.1) is 12.7 Å². The lowest BCUT2D eigenvalue weighted by Gasteiger charge is -2.04. The van der Waals surface area contributed by atoms with Crippen LogP contribution in [0.25, 0.3) is 22.8 Å². The van der Waals surface area contributed by atoms with E-state index in [2.05, 4.69) is 25.1 Å². The van der Waals surface area contributed by atoms with Crippen molar-refractivity contribution in [2.45, 2.75) is 17.7 Å². The fourth-order valence-corrected chi connectivity index (χ4v) is 3.23. The summed E-state index contributed by atoms with van der Waals surface area (Å²) in [6.45, 7) is 1.84. The minimum Gasteiger partial charge on any atom is -0.338 e. The molecule has 4 rings (SSSR count). The molecule has 0 fully saturated rings. The number of benzene rings is 1. The molecular formula is C19H14FN5OS. The molecule has 0 saturated carbocycles. The number of rotatable bonds is 5. The molecule has 0 spiro atoms. The van der Waals surface area contributed by atoms with Gasteiger partial charge in [0.2, 0.25) is 11.7 Å². The van der Waals surface area contributed by atoms with E-state index in [0.717, 1.165) is 16.4 Å². The minimum atomic E-state index is -0.341. The van der Waals surface area contributed by atoms with Crippen molar-refractivity contribution in [2.24, 2.45) is 0 Å². The predicted molar refractivity (Wildman–Crippen MR) is 99.3 cm³/mol. The van der Waals surface area contributed by atoms with Crippen molar-refractivity contribution in [2.75, 3.05) is 0 Å². The topological polar surface area (TPSA) is 77.6 Å². The molecule has 0 aliphatic heterocycles. The summed E-state index contributed by atoms with van der Waals surface area (Å²) in [6, 6.07) is 13.6. The van der Waals surface area contributed by atoms with Crippen LogP contribution in [-0.2, 0) is 5.75 Å². The fraction of sp³-hybridized carbons (Fsp3) is 0.105. The van der Waals surface area contributed by atoms with Crippen molar-refractivity contribution < 1.29 is 8.91 Å². The summed E-state index contributed by atoms with van der Waals surface area (Å²) in [7, 11) is 0. The average Bonchev–Trinajstić information content (AvgIpc) is 3.16. The van der Waals surface area contributed by atoms with E-state index >= 15 is 0 Å².